The molecule has 0 aromatic rings. The van der Waals surface area contributed by atoms with Crippen LogP contribution in [0.5, 0.6) is 0 Å². The van der Waals surface area contributed by atoms with Crippen molar-refractivity contribution in [1.29, 1.82) is 0 Å². The fourth-order valence-corrected chi connectivity index (χ4v) is 1.87. The molecule has 6 heteroatoms. The van der Waals surface area contributed by atoms with Crippen LogP contribution in [0.1, 0.15) is 40.5 Å². The first kappa shape index (κ1) is 19.9. The van der Waals surface area contributed by atoms with Crippen LogP contribution < -0.4 is 10.6 Å². The zero-order valence-corrected chi connectivity index (χ0v) is 15.5. The zero-order chi connectivity index (χ0) is 14.1. The molecule has 1 rings (SSSR count). The second kappa shape index (κ2) is 10.6. The molecule has 120 valence electrons. The van der Waals surface area contributed by atoms with Gasteiger partial charge in [-0.3, -0.25) is 4.99 Å². The SMILES string of the molecule is CCNC(=NCCOCC1CCCO1)NC(C)(C)C.I. The lowest BCUT2D eigenvalue weighted by atomic mass is 10.1. The van der Waals surface area contributed by atoms with Gasteiger partial charge in [0.1, 0.15) is 0 Å². The van der Waals surface area contributed by atoms with Crippen LogP contribution >= 0.6 is 24.0 Å². The van der Waals surface area contributed by atoms with E-state index < -0.39 is 0 Å². The summed E-state index contributed by atoms with van der Waals surface area (Å²) in [6.45, 7) is 12.2. The lowest BCUT2D eigenvalue weighted by Gasteiger charge is -2.23. The van der Waals surface area contributed by atoms with Crippen LogP contribution in [0.2, 0.25) is 0 Å². The Morgan fingerprint density at radius 3 is 2.70 bits per heavy atom. The summed E-state index contributed by atoms with van der Waals surface area (Å²) in [5, 5.41) is 6.58. The number of aliphatic imine (C=N–C) groups is 1. The van der Waals surface area contributed by atoms with E-state index in [9.17, 15) is 0 Å². The van der Waals surface area contributed by atoms with Crippen molar-refractivity contribution in [2.24, 2.45) is 4.99 Å². The van der Waals surface area contributed by atoms with Crippen LogP contribution in [0, 0.1) is 0 Å². The van der Waals surface area contributed by atoms with Gasteiger partial charge in [-0.2, -0.15) is 0 Å². The topological polar surface area (TPSA) is 54.9 Å². The summed E-state index contributed by atoms with van der Waals surface area (Å²) >= 11 is 0. The average Bonchev–Trinajstić information content (AvgIpc) is 2.79. The molecule has 0 amide bonds. The number of nitrogens with one attached hydrogen (secondary N) is 2. The summed E-state index contributed by atoms with van der Waals surface area (Å²) in [7, 11) is 0. The highest BCUT2D eigenvalue weighted by Gasteiger charge is 2.15. The minimum Gasteiger partial charge on any atom is -0.377 e. The number of rotatable bonds is 6. The smallest absolute Gasteiger partial charge is 0.191 e. The van der Waals surface area contributed by atoms with Crippen molar-refractivity contribution >= 4 is 29.9 Å². The summed E-state index contributed by atoms with van der Waals surface area (Å²) in [5.41, 5.74) is 0.0134. The summed E-state index contributed by atoms with van der Waals surface area (Å²) in [4.78, 5) is 4.49. The summed E-state index contributed by atoms with van der Waals surface area (Å²) in [6, 6.07) is 0. The highest BCUT2D eigenvalue weighted by Crippen LogP contribution is 2.11. The third-order valence-electron chi connectivity index (χ3n) is 2.67. The second-order valence-electron chi connectivity index (χ2n) is 5.85. The van der Waals surface area contributed by atoms with Gasteiger partial charge >= 0.3 is 0 Å². The zero-order valence-electron chi connectivity index (χ0n) is 13.2. The maximum Gasteiger partial charge on any atom is 0.191 e. The molecule has 2 N–H and O–H groups in total. The Kier molecular flexibility index (Phi) is 10.6. The standard InChI is InChI=1S/C14H29N3O2.HI/c1-5-15-13(17-14(2,3)4)16-8-10-18-11-12-7-6-9-19-12;/h12H,5-11H2,1-4H3,(H2,15,16,17);1H. The van der Waals surface area contributed by atoms with Crippen molar-refractivity contribution < 1.29 is 9.47 Å². The molecule has 1 aliphatic rings. The highest BCUT2D eigenvalue weighted by molar-refractivity contribution is 14.0. The maximum atomic E-state index is 5.59. The van der Waals surface area contributed by atoms with E-state index in [4.69, 9.17) is 9.47 Å². The first-order chi connectivity index (χ1) is 9.01. The van der Waals surface area contributed by atoms with E-state index in [0.717, 1.165) is 32.0 Å². The molecule has 0 spiro atoms. The van der Waals surface area contributed by atoms with Gasteiger partial charge in [-0.25, -0.2) is 0 Å². The first-order valence-electron chi connectivity index (χ1n) is 7.27. The van der Waals surface area contributed by atoms with Gasteiger partial charge in [0, 0.05) is 18.7 Å². The van der Waals surface area contributed by atoms with Gasteiger partial charge in [0.05, 0.1) is 25.9 Å². The number of hydrogen-bond acceptors (Lipinski definition) is 3. The number of hydrogen-bond donors (Lipinski definition) is 2. The van der Waals surface area contributed by atoms with Crippen molar-refractivity contribution in [2.75, 3.05) is 32.9 Å². The molecule has 0 aromatic heterocycles. The minimum absolute atomic E-state index is 0. The van der Waals surface area contributed by atoms with Crippen LogP contribution in [-0.2, 0) is 9.47 Å². The molecule has 20 heavy (non-hydrogen) atoms. The Morgan fingerprint density at radius 1 is 1.40 bits per heavy atom. The van der Waals surface area contributed by atoms with Gasteiger partial charge in [0.2, 0.25) is 0 Å². The van der Waals surface area contributed by atoms with Crippen molar-refractivity contribution in [3.8, 4) is 0 Å². The third-order valence-corrected chi connectivity index (χ3v) is 2.67. The van der Waals surface area contributed by atoms with Gasteiger partial charge in [-0.05, 0) is 40.5 Å². The predicted octanol–water partition coefficient (Wildman–Crippen LogP) is 2.15. The molecule has 0 radical (unpaired) electrons. The number of guanidine groups is 1. The van der Waals surface area contributed by atoms with Gasteiger partial charge < -0.3 is 20.1 Å². The molecular weight excluding hydrogens is 369 g/mol. The van der Waals surface area contributed by atoms with Crippen LogP contribution in [0.4, 0.5) is 0 Å². The van der Waals surface area contributed by atoms with Crippen LogP contribution in [-0.4, -0.2) is 50.5 Å². The summed E-state index contributed by atoms with van der Waals surface area (Å²) < 4.78 is 11.1. The Bertz CT molecular complexity index is 274. The molecule has 0 aromatic carbocycles. The highest BCUT2D eigenvalue weighted by atomic mass is 127. The fourth-order valence-electron chi connectivity index (χ4n) is 1.87. The molecule has 0 bridgehead atoms. The van der Waals surface area contributed by atoms with E-state index in [1.54, 1.807) is 0 Å². The lowest BCUT2D eigenvalue weighted by Crippen LogP contribution is -2.47. The maximum absolute atomic E-state index is 5.59. The molecule has 0 aliphatic carbocycles. The molecule has 1 aliphatic heterocycles. The Labute approximate surface area is 140 Å². The normalized spacial score (nSPS) is 19.6. The molecular formula is C14H30IN3O2. The Hall–Kier alpha value is -0.0800. The lowest BCUT2D eigenvalue weighted by molar-refractivity contribution is 0.0200. The van der Waals surface area contributed by atoms with E-state index in [1.165, 1.54) is 0 Å². The van der Waals surface area contributed by atoms with E-state index in [0.29, 0.717) is 25.9 Å². The molecule has 1 unspecified atom stereocenters. The largest absolute Gasteiger partial charge is 0.377 e. The molecule has 0 saturated carbocycles. The molecule has 1 atom stereocenters. The third kappa shape index (κ3) is 9.77. The second-order valence-corrected chi connectivity index (χ2v) is 5.85. The molecule has 1 heterocycles. The number of nitrogens with zero attached hydrogens (tertiary/aromatic N) is 1. The van der Waals surface area contributed by atoms with Crippen LogP contribution in [0.15, 0.2) is 4.99 Å². The van der Waals surface area contributed by atoms with E-state index >= 15 is 0 Å². The predicted molar refractivity (Wildman–Crippen MR) is 94.1 cm³/mol. The van der Waals surface area contributed by atoms with Crippen LogP contribution in [0.3, 0.4) is 0 Å². The van der Waals surface area contributed by atoms with Gasteiger partial charge in [-0.1, -0.05) is 0 Å². The number of ether oxygens (including phenoxy) is 2. The van der Waals surface area contributed by atoms with Gasteiger partial charge in [-0.15, -0.1) is 24.0 Å². The van der Waals surface area contributed by atoms with Gasteiger partial charge in [0.15, 0.2) is 5.96 Å². The van der Waals surface area contributed by atoms with E-state index in [2.05, 4.69) is 43.3 Å². The van der Waals surface area contributed by atoms with Crippen LogP contribution in [0.25, 0.3) is 0 Å². The molecule has 1 fully saturated rings. The van der Waals surface area contributed by atoms with E-state index in [1.807, 2.05) is 0 Å². The number of halogens is 1. The monoisotopic (exact) mass is 399 g/mol. The van der Waals surface area contributed by atoms with Crippen molar-refractivity contribution in [3.63, 3.8) is 0 Å². The quantitative estimate of drug-likeness (QED) is 0.311. The average molecular weight is 399 g/mol. The summed E-state index contributed by atoms with van der Waals surface area (Å²) in [6.07, 6.45) is 2.58. The van der Waals surface area contributed by atoms with Gasteiger partial charge in [0.25, 0.3) is 0 Å². The van der Waals surface area contributed by atoms with Crippen molar-refractivity contribution in [2.45, 2.75) is 52.2 Å². The van der Waals surface area contributed by atoms with Crippen molar-refractivity contribution in [3.05, 3.63) is 0 Å². The Morgan fingerprint density at radius 2 is 2.15 bits per heavy atom. The first-order valence-corrected chi connectivity index (χ1v) is 7.27. The summed E-state index contributed by atoms with van der Waals surface area (Å²) in [5.74, 6) is 0.843. The fraction of sp³-hybridized carbons (Fsp3) is 0.929. The van der Waals surface area contributed by atoms with Crippen molar-refractivity contribution in [1.82, 2.24) is 10.6 Å². The molecule has 1 saturated heterocycles. The van der Waals surface area contributed by atoms with E-state index in [-0.39, 0.29) is 29.5 Å². The Balaban J connectivity index is 0.00000361. The minimum atomic E-state index is 0. The molecule has 5 nitrogen and oxygen atoms in total.